The van der Waals surface area contributed by atoms with Gasteiger partial charge in [-0.05, 0) is 6.92 Å². The summed E-state index contributed by atoms with van der Waals surface area (Å²) < 4.78 is 1.55. The van der Waals surface area contributed by atoms with E-state index in [9.17, 15) is 4.79 Å². The molecule has 0 unspecified atom stereocenters. The Morgan fingerprint density at radius 1 is 1.82 bits per heavy atom. The summed E-state index contributed by atoms with van der Waals surface area (Å²) in [6.07, 6.45) is 1.47. The van der Waals surface area contributed by atoms with E-state index in [2.05, 4.69) is 10.2 Å². The first kappa shape index (κ1) is 7.87. The smallest absolute Gasteiger partial charge is 0.216 e. The molecule has 0 spiro atoms. The summed E-state index contributed by atoms with van der Waals surface area (Å²) in [7, 11) is 1.70. The third-order valence-corrected chi connectivity index (χ3v) is 1.35. The molecule has 5 nitrogen and oxygen atoms in total. The molecular weight excluding hydrogens is 144 g/mol. The lowest BCUT2D eigenvalue weighted by Gasteiger charge is -2.01. The van der Waals surface area contributed by atoms with Crippen LogP contribution in [0.5, 0.6) is 0 Å². The molecule has 0 radical (unpaired) electrons. The zero-order valence-corrected chi connectivity index (χ0v) is 6.48. The van der Waals surface area contributed by atoms with Crippen LogP contribution in [0.2, 0.25) is 0 Å². The maximum Gasteiger partial charge on any atom is 0.216 e. The molecule has 0 saturated heterocycles. The zero-order valence-electron chi connectivity index (χ0n) is 6.48. The number of carbonyl (C=O) groups excluding carboxylic acids is 1. The van der Waals surface area contributed by atoms with Crippen molar-refractivity contribution in [1.82, 2.24) is 14.8 Å². The van der Waals surface area contributed by atoms with E-state index in [1.165, 1.54) is 6.33 Å². The van der Waals surface area contributed by atoms with Crippen LogP contribution >= 0.6 is 0 Å². The minimum absolute atomic E-state index is 0.190. The van der Waals surface area contributed by atoms with Crippen LogP contribution in [0, 0.1) is 0 Å². The molecule has 0 saturated carbocycles. The van der Waals surface area contributed by atoms with Gasteiger partial charge in [0.1, 0.15) is 6.33 Å². The van der Waals surface area contributed by atoms with Crippen LogP contribution in [-0.4, -0.2) is 26.6 Å². The summed E-state index contributed by atoms with van der Waals surface area (Å²) in [6.45, 7) is 1.62. The lowest BCUT2D eigenvalue weighted by atomic mass is 10.2. The van der Waals surface area contributed by atoms with E-state index in [1.54, 1.807) is 18.5 Å². The van der Waals surface area contributed by atoms with Gasteiger partial charge in [-0.15, -0.1) is 10.2 Å². The lowest BCUT2D eigenvalue weighted by molar-refractivity contribution is 0.0954. The number of Topliss-reactive ketones (excluding diaryl/α,β-unsaturated/α-hetero) is 1. The van der Waals surface area contributed by atoms with Gasteiger partial charge in [0.25, 0.3) is 0 Å². The van der Waals surface area contributed by atoms with Crippen molar-refractivity contribution in [2.75, 3.05) is 0 Å². The molecule has 0 fully saturated rings. The van der Waals surface area contributed by atoms with Crippen molar-refractivity contribution < 1.29 is 4.79 Å². The van der Waals surface area contributed by atoms with Crippen molar-refractivity contribution in [3.63, 3.8) is 0 Å². The van der Waals surface area contributed by atoms with E-state index in [1.807, 2.05) is 0 Å². The number of nitrogens with zero attached hydrogens (tertiary/aromatic N) is 3. The number of nitrogens with two attached hydrogens (primary N) is 1. The van der Waals surface area contributed by atoms with Gasteiger partial charge >= 0.3 is 0 Å². The number of rotatable bonds is 2. The molecule has 5 heteroatoms. The van der Waals surface area contributed by atoms with Gasteiger partial charge in [0, 0.05) is 7.05 Å². The second-order valence-electron chi connectivity index (χ2n) is 2.42. The van der Waals surface area contributed by atoms with Gasteiger partial charge < -0.3 is 10.3 Å². The number of hydrogen-bond acceptors (Lipinski definition) is 4. The molecule has 0 aromatic carbocycles. The Bertz CT molecular complexity index is 265. The highest BCUT2D eigenvalue weighted by molar-refractivity contribution is 5.96. The maximum absolute atomic E-state index is 11.2. The molecule has 11 heavy (non-hydrogen) atoms. The molecule has 1 heterocycles. The van der Waals surface area contributed by atoms with Crippen LogP contribution in [0.3, 0.4) is 0 Å². The molecule has 0 aliphatic carbocycles. The minimum Gasteiger partial charge on any atom is -0.321 e. The Morgan fingerprint density at radius 2 is 2.45 bits per heavy atom. The standard InChI is InChI=1S/C6H10N4O/c1-4(7)5(11)6-9-8-3-10(6)2/h3-4H,7H2,1-2H3/t4-/m1/s1. The van der Waals surface area contributed by atoms with E-state index in [4.69, 9.17) is 5.73 Å². The van der Waals surface area contributed by atoms with Gasteiger partial charge in [-0.25, -0.2) is 0 Å². The second-order valence-corrected chi connectivity index (χ2v) is 2.42. The predicted molar refractivity (Wildman–Crippen MR) is 39.0 cm³/mol. The Balaban J connectivity index is 2.93. The first-order valence-corrected chi connectivity index (χ1v) is 3.26. The fraction of sp³-hybridized carbons (Fsp3) is 0.500. The molecule has 2 N–H and O–H groups in total. The van der Waals surface area contributed by atoms with Gasteiger partial charge in [-0.2, -0.15) is 0 Å². The van der Waals surface area contributed by atoms with Gasteiger partial charge in [-0.1, -0.05) is 0 Å². The second kappa shape index (κ2) is 2.79. The SMILES string of the molecule is C[C@@H](N)C(=O)c1nncn1C. The third-order valence-electron chi connectivity index (χ3n) is 1.35. The summed E-state index contributed by atoms with van der Waals surface area (Å²) in [5, 5.41) is 7.18. The minimum atomic E-state index is -0.516. The Morgan fingerprint density at radius 3 is 2.82 bits per heavy atom. The van der Waals surface area contributed by atoms with Gasteiger partial charge in [-0.3, -0.25) is 4.79 Å². The van der Waals surface area contributed by atoms with Crippen molar-refractivity contribution in [1.29, 1.82) is 0 Å². The first-order valence-electron chi connectivity index (χ1n) is 3.26. The number of carbonyl (C=O) groups is 1. The molecule has 60 valence electrons. The van der Waals surface area contributed by atoms with E-state index < -0.39 is 6.04 Å². The topological polar surface area (TPSA) is 73.8 Å². The molecule has 1 aromatic heterocycles. The molecule has 1 rings (SSSR count). The fourth-order valence-corrected chi connectivity index (χ4v) is 0.710. The summed E-state index contributed by atoms with van der Waals surface area (Å²) in [4.78, 5) is 11.2. The molecule has 0 amide bonds. The number of hydrogen-bond donors (Lipinski definition) is 1. The number of ketones is 1. The molecule has 0 aliphatic rings. The van der Waals surface area contributed by atoms with E-state index in [0.717, 1.165) is 0 Å². The monoisotopic (exact) mass is 154 g/mol. The summed E-state index contributed by atoms with van der Waals surface area (Å²) in [5.41, 5.74) is 5.37. The summed E-state index contributed by atoms with van der Waals surface area (Å²) >= 11 is 0. The Kier molecular flexibility index (Phi) is 2.00. The molecule has 1 aromatic rings. The van der Waals surface area contributed by atoms with Crippen molar-refractivity contribution in [2.45, 2.75) is 13.0 Å². The Hall–Kier alpha value is -1.23. The summed E-state index contributed by atoms with van der Waals surface area (Å²) in [5.74, 6) is 0.116. The fourth-order valence-electron chi connectivity index (χ4n) is 0.710. The molecule has 1 atom stereocenters. The molecular formula is C6H10N4O. The zero-order chi connectivity index (χ0) is 8.43. The van der Waals surface area contributed by atoms with Crippen molar-refractivity contribution in [2.24, 2.45) is 12.8 Å². The average molecular weight is 154 g/mol. The largest absolute Gasteiger partial charge is 0.321 e. The molecule has 0 aliphatic heterocycles. The van der Waals surface area contributed by atoms with Crippen LogP contribution in [-0.2, 0) is 7.05 Å². The van der Waals surface area contributed by atoms with Gasteiger partial charge in [0.2, 0.25) is 11.6 Å². The highest BCUT2D eigenvalue weighted by atomic mass is 16.1. The van der Waals surface area contributed by atoms with Gasteiger partial charge in [0.05, 0.1) is 6.04 Å². The number of aromatic nitrogens is 3. The van der Waals surface area contributed by atoms with Crippen molar-refractivity contribution >= 4 is 5.78 Å². The maximum atomic E-state index is 11.2. The van der Waals surface area contributed by atoms with E-state index in [0.29, 0.717) is 5.82 Å². The third kappa shape index (κ3) is 1.43. The van der Waals surface area contributed by atoms with Gasteiger partial charge in [0.15, 0.2) is 0 Å². The quantitative estimate of drug-likeness (QED) is 0.574. The van der Waals surface area contributed by atoms with Crippen LogP contribution in [0.15, 0.2) is 6.33 Å². The van der Waals surface area contributed by atoms with Crippen LogP contribution < -0.4 is 5.73 Å². The first-order chi connectivity index (χ1) is 5.13. The van der Waals surface area contributed by atoms with Crippen molar-refractivity contribution in [3.05, 3.63) is 12.2 Å². The van der Waals surface area contributed by atoms with Crippen LogP contribution in [0.25, 0.3) is 0 Å². The highest BCUT2D eigenvalue weighted by Gasteiger charge is 2.15. The van der Waals surface area contributed by atoms with Crippen molar-refractivity contribution in [3.8, 4) is 0 Å². The number of aryl methyl sites for hydroxylation is 1. The normalized spacial score (nSPS) is 13.0. The van der Waals surface area contributed by atoms with E-state index in [-0.39, 0.29) is 5.78 Å². The molecule has 0 bridgehead atoms. The average Bonchev–Trinajstić information content (AvgIpc) is 2.33. The Labute approximate surface area is 64.2 Å². The highest BCUT2D eigenvalue weighted by Crippen LogP contribution is 1.95. The van der Waals surface area contributed by atoms with Crippen LogP contribution in [0.4, 0.5) is 0 Å². The van der Waals surface area contributed by atoms with Crippen LogP contribution in [0.1, 0.15) is 17.5 Å². The lowest BCUT2D eigenvalue weighted by Crippen LogP contribution is -2.28. The summed E-state index contributed by atoms with van der Waals surface area (Å²) in [6, 6.07) is -0.516. The van der Waals surface area contributed by atoms with E-state index >= 15 is 0 Å². The predicted octanol–water partition coefficient (Wildman–Crippen LogP) is -0.655.